The highest BCUT2D eigenvalue weighted by Gasteiger charge is 2.09. The zero-order chi connectivity index (χ0) is 18.2. The van der Waals surface area contributed by atoms with Crippen LogP contribution in [0.2, 0.25) is 5.02 Å². The Balaban J connectivity index is 1.94. The van der Waals surface area contributed by atoms with E-state index in [2.05, 4.69) is 5.32 Å². The SMILES string of the molecule is CCOc1ccc(CCC(=O)Nc2ccc(OC)c(Cl)c2)cc1OC. The Bertz CT molecular complexity index is 733. The van der Waals surface area contributed by atoms with E-state index in [0.717, 1.165) is 5.56 Å². The first-order valence-corrected chi connectivity index (χ1v) is 8.38. The van der Waals surface area contributed by atoms with Gasteiger partial charge in [-0.3, -0.25) is 4.79 Å². The van der Waals surface area contributed by atoms with Gasteiger partial charge in [0.2, 0.25) is 5.91 Å². The lowest BCUT2D eigenvalue weighted by molar-refractivity contribution is -0.116. The smallest absolute Gasteiger partial charge is 0.224 e. The van der Waals surface area contributed by atoms with Crippen LogP contribution in [0.4, 0.5) is 5.69 Å². The summed E-state index contributed by atoms with van der Waals surface area (Å²) in [5.41, 5.74) is 1.64. The topological polar surface area (TPSA) is 56.8 Å². The van der Waals surface area contributed by atoms with E-state index in [1.54, 1.807) is 32.4 Å². The zero-order valence-electron chi connectivity index (χ0n) is 14.6. The van der Waals surface area contributed by atoms with Crippen molar-refractivity contribution >= 4 is 23.2 Å². The van der Waals surface area contributed by atoms with Gasteiger partial charge in [-0.15, -0.1) is 0 Å². The van der Waals surface area contributed by atoms with E-state index in [1.165, 1.54) is 0 Å². The fourth-order valence-electron chi connectivity index (χ4n) is 2.37. The van der Waals surface area contributed by atoms with Gasteiger partial charge in [0.15, 0.2) is 11.5 Å². The number of amides is 1. The van der Waals surface area contributed by atoms with Crippen LogP contribution in [0.1, 0.15) is 18.9 Å². The second-order valence-corrected chi connectivity index (χ2v) is 5.72. The van der Waals surface area contributed by atoms with Crippen molar-refractivity contribution in [3.8, 4) is 17.2 Å². The predicted molar refractivity (Wildman–Crippen MR) is 99.1 cm³/mol. The molecule has 0 spiro atoms. The van der Waals surface area contributed by atoms with E-state index < -0.39 is 0 Å². The molecule has 0 aliphatic rings. The third-order valence-corrected chi connectivity index (χ3v) is 3.90. The highest BCUT2D eigenvalue weighted by molar-refractivity contribution is 6.32. The molecule has 6 heteroatoms. The Hall–Kier alpha value is -2.40. The summed E-state index contributed by atoms with van der Waals surface area (Å²) in [5, 5.41) is 3.28. The molecule has 0 fully saturated rings. The number of hydrogen-bond acceptors (Lipinski definition) is 4. The Morgan fingerprint density at radius 3 is 2.40 bits per heavy atom. The van der Waals surface area contributed by atoms with E-state index in [-0.39, 0.29) is 5.91 Å². The molecule has 5 nitrogen and oxygen atoms in total. The largest absolute Gasteiger partial charge is 0.495 e. The Morgan fingerprint density at radius 1 is 1.04 bits per heavy atom. The highest BCUT2D eigenvalue weighted by Crippen LogP contribution is 2.29. The summed E-state index contributed by atoms with van der Waals surface area (Å²) in [6.07, 6.45) is 0.944. The van der Waals surface area contributed by atoms with E-state index in [1.807, 2.05) is 25.1 Å². The van der Waals surface area contributed by atoms with Crippen LogP contribution in [0.25, 0.3) is 0 Å². The summed E-state index contributed by atoms with van der Waals surface area (Å²) >= 11 is 6.06. The average molecular weight is 364 g/mol. The van der Waals surface area contributed by atoms with Crippen molar-refractivity contribution in [1.82, 2.24) is 0 Å². The van der Waals surface area contributed by atoms with Gasteiger partial charge in [-0.05, 0) is 49.2 Å². The molecule has 2 aromatic rings. The molecule has 0 radical (unpaired) electrons. The molecule has 2 aromatic carbocycles. The standard InChI is InChI=1S/C19H22ClNO4/c1-4-25-17-8-5-13(11-18(17)24-3)6-10-19(22)21-14-7-9-16(23-2)15(20)12-14/h5,7-9,11-12H,4,6,10H2,1-3H3,(H,21,22). The fourth-order valence-corrected chi connectivity index (χ4v) is 2.63. The molecule has 0 bridgehead atoms. The number of nitrogens with one attached hydrogen (secondary N) is 1. The van der Waals surface area contributed by atoms with Crippen molar-refractivity contribution in [3.05, 3.63) is 47.0 Å². The number of benzene rings is 2. The lowest BCUT2D eigenvalue weighted by Gasteiger charge is -2.11. The molecule has 0 saturated heterocycles. The summed E-state index contributed by atoms with van der Waals surface area (Å²) in [4.78, 5) is 12.1. The van der Waals surface area contributed by atoms with Gasteiger partial charge in [-0.2, -0.15) is 0 Å². The second-order valence-electron chi connectivity index (χ2n) is 5.32. The number of anilines is 1. The molecule has 0 aliphatic heterocycles. The lowest BCUT2D eigenvalue weighted by Crippen LogP contribution is -2.12. The molecule has 25 heavy (non-hydrogen) atoms. The molecule has 2 rings (SSSR count). The van der Waals surface area contributed by atoms with E-state index in [4.69, 9.17) is 25.8 Å². The zero-order valence-corrected chi connectivity index (χ0v) is 15.4. The summed E-state index contributed by atoms with van der Waals surface area (Å²) in [6, 6.07) is 10.8. The molecule has 0 saturated carbocycles. The summed E-state index contributed by atoms with van der Waals surface area (Å²) in [6.45, 7) is 2.49. The summed E-state index contributed by atoms with van der Waals surface area (Å²) in [7, 11) is 3.15. The van der Waals surface area contributed by atoms with Crippen molar-refractivity contribution < 1.29 is 19.0 Å². The summed E-state index contributed by atoms with van der Waals surface area (Å²) < 4.78 is 15.9. The van der Waals surface area contributed by atoms with Gasteiger partial charge in [0, 0.05) is 12.1 Å². The molecule has 0 atom stereocenters. The van der Waals surface area contributed by atoms with Crippen LogP contribution in [-0.4, -0.2) is 26.7 Å². The molecule has 1 amide bonds. The number of aryl methyl sites for hydroxylation is 1. The Morgan fingerprint density at radius 2 is 1.76 bits per heavy atom. The number of carbonyl (C=O) groups is 1. The Kier molecular flexibility index (Phi) is 6.95. The van der Waals surface area contributed by atoms with Crippen molar-refractivity contribution in [1.29, 1.82) is 0 Å². The number of ether oxygens (including phenoxy) is 3. The third kappa shape index (κ3) is 5.29. The normalized spacial score (nSPS) is 10.2. The molecule has 0 heterocycles. The van der Waals surface area contributed by atoms with Gasteiger partial charge < -0.3 is 19.5 Å². The number of methoxy groups -OCH3 is 2. The monoisotopic (exact) mass is 363 g/mol. The highest BCUT2D eigenvalue weighted by atomic mass is 35.5. The third-order valence-electron chi connectivity index (χ3n) is 3.60. The first-order chi connectivity index (χ1) is 12.1. The van der Waals surface area contributed by atoms with Crippen LogP contribution in [0, 0.1) is 0 Å². The maximum absolute atomic E-state index is 12.1. The van der Waals surface area contributed by atoms with Gasteiger partial charge in [0.1, 0.15) is 5.75 Å². The molecular weight excluding hydrogens is 342 g/mol. The fraction of sp³-hybridized carbons (Fsp3) is 0.316. The van der Waals surface area contributed by atoms with Gasteiger partial charge in [0.05, 0.1) is 25.8 Å². The quantitative estimate of drug-likeness (QED) is 0.758. The molecule has 0 unspecified atom stereocenters. The number of halogens is 1. The second kappa shape index (κ2) is 9.18. The minimum absolute atomic E-state index is 0.0888. The van der Waals surface area contributed by atoms with E-state index in [9.17, 15) is 4.79 Å². The number of rotatable bonds is 8. The van der Waals surface area contributed by atoms with Crippen LogP contribution >= 0.6 is 11.6 Å². The minimum atomic E-state index is -0.0888. The van der Waals surface area contributed by atoms with Crippen molar-refractivity contribution in [3.63, 3.8) is 0 Å². The number of carbonyl (C=O) groups excluding carboxylic acids is 1. The van der Waals surface area contributed by atoms with Crippen molar-refractivity contribution in [2.45, 2.75) is 19.8 Å². The molecule has 0 aromatic heterocycles. The van der Waals surface area contributed by atoms with Crippen LogP contribution < -0.4 is 19.5 Å². The van der Waals surface area contributed by atoms with Crippen molar-refractivity contribution in [2.24, 2.45) is 0 Å². The minimum Gasteiger partial charge on any atom is -0.495 e. The predicted octanol–water partition coefficient (Wildman–Crippen LogP) is 4.33. The average Bonchev–Trinajstić information content (AvgIpc) is 2.61. The van der Waals surface area contributed by atoms with Gasteiger partial charge in [0.25, 0.3) is 0 Å². The lowest BCUT2D eigenvalue weighted by atomic mass is 10.1. The van der Waals surface area contributed by atoms with E-state index >= 15 is 0 Å². The van der Waals surface area contributed by atoms with E-state index in [0.29, 0.717) is 47.4 Å². The first-order valence-electron chi connectivity index (χ1n) is 8.00. The molecule has 1 N–H and O–H groups in total. The van der Waals surface area contributed by atoms with Crippen LogP contribution in [0.3, 0.4) is 0 Å². The van der Waals surface area contributed by atoms with Gasteiger partial charge in [-0.25, -0.2) is 0 Å². The number of hydrogen-bond donors (Lipinski definition) is 1. The van der Waals surface area contributed by atoms with Crippen LogP contribution in [-0.2, 0) is 11.2 Å². The molecule has 0 aliphatic carbocycles. The van der Waals surface area contributed by atoms with Crippen molar-refractivity contribution in [2.75, 3.05) is 26.1 Å². The van der Waals surface area contributed by atoms with Gasteiger partial charge in [-0.1, -0.05) is 17.7 Å². The van der Waals surface area contributed by atoms with Crippen LogP contribution in [0.15, 0.2) is 36.4 Å². The molecule has 134 valence electrons. The maximum atomic E-state index is 12.1. The summed E-state index contributed by atoms with van der Waals surface area (Å²) in [5.74, 6) is 1.85. The first kappa shape index (κ1) is 18.9. The molecular formula is C19H22ClNO4. The van der Waals surface area contributed by atoms with Crippen LogP contribution in [0.5, 0.6) is 17.2 Å². The maximum Gasteiger partial charge on any atom is 0.224 e. The Labute approximate surface area is 152 Å². The van der Waals surface area contributed by atoms with Gasteiger partial charge >= 0.3 is 0 Å².